The van der Waals surface area contributed by atoms with Crippen molar-refractivity contribution in [1.82, 2.24) is 9.47 Å². The summed E-state index contributed by atoms with van der Waals surface area (Å²) in [5, 5.41) is 2.07. The molecular formula is C20H20N2O2S. The summed E-state index contributed by atoms with van der Waals surface area (Å²) in [4.78, 5) is 15.8. The van der Waals surface area contributed by atoms with Gasteiger partial charge >= 0.3 is 0 Å². The van der Waals surface area contributed by atoms with Gasteiger partial charge in [-0.15, -0.1) is 11.3 Å². The number of hydrogen-bond donors (Lipinski definition) is 0. The van der Waals surface area contributed by atoms with Crippen LogP contribution in [-0.2, 0) is 0 Å². The van der Waals surface area contributed by atoms with Crippen LogP contribution in [0.2, 0.25) is 0 Å². The lowest BCUT2D eigenvalue weighted by Crippen LogP contribution is -2.27. The Labute approximate surface area is 151 Å². The van der Waals surface area contributed by atoms with Gasteiger partial charge in [-0.25, -0.2) is 0 Å². The lowest BCUT2D eigenvalue weighted by molar-refractivity contribution is 0.0797. The van der Waals surface area contributed by atoms with E-state index in [0.29, 0.717) is 0 Å². The fourth-order valence-corrected chi connectivity index (χ4v) is 4.40. The van der Waals surface area contributed by atoms with Gasteiger partial charge in [-0.05, 0) is 31.0 Å². The lowest BCUT2D eigenvalue weighted by atomic mass is 10.1. The zero-order chi connectivity index (χ0) is 17.2. The second-order valence-corrected chi connectivity index (χ2v) is 7.00. The summed E-state index contributed by atoms with van der Waals surface area (Å²) in [5.74, 6) is 0.946. The molecule has 1 saturated heterocycles. The van der Waals surface area contributed by atoms with Gasteiger partial charge < -0.3 is 14.2 Å². The largest absolute Gasteiger partial charge is 0.496 e. The summed E-state index contributed by atoms with van der Waals surface area (Å²) in [6.07, 6.45) is 6.16. The number of methoxy groups -OCH3 is 1. The van der Waals surface area contributed by atoms with E-state index in [-0.39, 0.29) is 5.91 Å². The third-order valence-electron chi connectivity index (χ3n) is 4.61. The third-order valence-corrected chi connectivity index (χ3v) is 5.57. The van der Waals surface area contributed by atoms with Gasteiger partial charge in [0.2, 0.25) is 0 Å². The van der Waals surface area contributed by atoms with Gasteiger partial charge in [-0.1, -0.05) is 18.2 Å². The van der Waals surface area contributed by atoms with Crippen LogP contribution in [0, 0.1) is 0 Å². The van der Waals surface area contributed by atoms with Crippen molar-refractivity contribution >= 4 is 17.2 Å². The van der Waals surface area contributed by atoms with E-state index in [0.717, 1.165) is 53.4 Å². The molecule has 0 bridgehead atoms. The maximum atomic E-state index is 13.1. The molecular weight excluding hydrogens is 332 g/mol. The van der Waals surface area contributed by atoms with Gasteiger partial charge in [0.25, 0.3) is 5.91 Å². The van der Waals surface area contributed by atoms with Crippen LogP contribution >= 0.6 is 11.3 Å². The fourth-order valence-electron chi connectivity index (χ4n) is 3.37. The van der Waals surface area contributed by atoms with Crippen molar-refractivity contribution in [1.29, 1.82) is 0 Å². The molecule has 0 spiro atoms. The highest BCUT2D eigenvalue weighted by atomic mass is 32.1. The molecule has 5 heteroatoms. The number of amides is 1. The molecule has 2 aromatic heterocycles. The molecule has 4 rings (SSSR count). The van der Waals surface area contributed by atoms with E-state index in [1.54, 1.807) is 7.11 Å². The Balaban J connectivity index is 1.87. The molecule has 25 heavy (non-hydrogen) atoms. The first kappa shape index (κ1) is 16.0. The number of benzene rings is 1. The monoisotopic (exact) mass is 352 g/mol. The van der Waals surface area contributed by atoms with Gasteiger partial charge in [0.1, 0.15) is 10.6 Å². The topological polar surface area (TPSA) is 34.5 Å². The number of likely N-dealkylation sites (tertiary alicyclic amines) is 1. The van der Waals surface area contributed by atoms with Crippen molar-refractivity contribution in [3.8, 4) is 22.6 Å². The van der Waals surface area contributed by atoms with Crippen molar-refractivity contribution < 1.29 is 9.53 Å². The molecule has 0 radical (unpaired) electrons. The molecule has 0 atom stereocenters. The lowest BCUT2D eigenvalue weighted by Gasteiger charge is -2.17. The SMILES string of the molecule is COc1ccccc1-c1csc(C(=O)N2CCCC2)c1-n1cccc1. The Kier molecular flexibility index (Phi) is 4.32. The predicted molar refractivity (Wildman–Crippen MR) is 101 cm³/mol. The molecule has 1 aliphatic rings. The zero-order valence-electron chi connectivity index (χ0n) is 14.1. The second kappa shape index (κ2) is 6.76. The summed E-state index contributed by atoms with van der Waals surface area (Å²) in [7, 11) is 1.68. The highest BCUT2D eigenvalue weighted by molar-refractivity contribution is 7.13. The Bertz CT molecular complexity index is 877. The highest BCUT2D eigenvalue weighted by Gasteiger charge is 2.27. The molecule has 1 aliphatic heterocycles. The minimum Gasteiger partial charge on any atom is -0.496 e. The quantitative estimate of drug-likeness (QED) is 0.695. The normalized spacial score (nSPS) is 14.0. The van der Waals surface area contributed by atoms with Crippen LogP contribution < -0.4 is 4.74 Å². The minimum absolute atomic E-state index is 0.132. The number of aromatic nitrogens is 1. The van der Waals surface area contributed by atoms with E-state index < -0.39 is 0 Å². The molecule has 3 heterocycles. The Morgan fingerprint density at radius 2 is 1.76 bits per heavy atom. The number of ether oxygens (including phenoxy) is 1. The van der Waals surface area contributed by atoms with Crippen molar-refractivity contribution in [3.05, 3.63) is 59.0 Å². The number of rotatable bonds is 4. The molecule has 1 fully saturated rings. The minimum atomic E-state index is 0.132. The first-order chi connectivity index (χ1) is 12.3. The van der Waals surface area contributed by atoms with Crippen LogP contribution in [0.1, 0.15) is 22.5 Å². The van der Waals surface area contributed by atoms with Crippen molar-refractivity contribution in [2.45, 2.75) is 12.8 Å². The maximum Gasteiger partial charge on any atom is 0.266 e. The number of carbonyl (C=O) groups excluding carboxylic acids is 1. The molecule has 4 nitrogen and oxygen atoms in total. The number of para-hydroxylation sites is 1. The molecule has 1 amide bonds. The molecule has 0 unspecified atom stereocenters. The molecule has 0 N–H and O–H groups in total. The number of hydrogen-bond acceptors (Lipinski definition) is 3. The van der Waals surface area contributed by atoms with E-state index in [1.165, 1.54) is 11.3 Å². The van der Waals surface area contributed by atoms with Gasteiger partial charge in [-0.3, -0.25) is 4.79 Å². The van der Waals surface area contributed by atoms with Crippen molar-refractivity contribution in [2.75, 3.05) is 20.2 Å². The van der Waals surface area contributed by atoms with Crippen molar-refractivity contribution in [2.24, 2.45) is 0 Å². The van der Waals surface area contributed by atoms with Crippen LogP contribution in [0.4, 0.5) is 0 Å². The number of carbonyl (C=O) groups is 1. The van der Waals surface area contributed by atoms with Gasteiger partial charge in [-0.2, -0.15) is 0 Å². The smallest absolute Gasteiger partial charge is 0.266 e. The third kappa shape index (κ3) is 2.85. The van der Waals surface area contributed by atoms with Crippen LogP contribution in [0.25, 0.3) is 16.8 Å². The van der Waals surface area contributed by atoms with E-state index >= 15 is 0 Å². The standard InChI is InChI=1S/C20H20N2O2S/c1-24-17-9-3-2-8-15(17)16-14-25-19(18(16)21-10-4-5-11-21)20(23)22-12-6-7-13-22/h2-5,8-11,14H,6-7,12-13H2,1H3. The van der Waals surface area contributed by atoms with E-state index in [2.05, 4.69) is 5.38 Å². The molecule has 128 valence electrons. The van der Waals surface area contributed by atoms with E-state index in [9.17, 15) is 4.79 Å². The molecule has 0 aliphatic carbocycles. The fraction of sp³-hybridized carbons (Fsp3) is 0.250. The predicted octanol–water partition coefficient (Wildman–Crippen LogP) is 4.45. The van der Waals surface area contributed by atoms with E-state index in [4.69, 9.17) is 4.74 Å². The van der Waals surface area contributed by atoms with Crippen LogP contribution in [0.3, 0.4) is 0 Å². The van der Waals surface area contributed by atoms with Gasteiger partial charge in [0.05, 0.1) is 12.8 Å². The van der Waals surface area contributed by atoms with Gasteiger partial charge in [0, 0.05) is 42.0 Å². The van der Waals surface area contributed by atoms with E-state index in [1.807, 2.05) is 58.3 Å². The Morgan fingerprint density at radius 1 is 1.04 bits per heavy atom. The summed E-state index contributed by atoms with van der Waals surface area (Å²) in [6.45, 7) is 1.71. The second-order valence-electron chi connectivity index (χ2n) is 6.12. The molecule has 0 saturated carbocycles. The summed E-state index contributed by atoms with van der Waals surface area (Å²) < 4.78 is 7.57. The average Bonchev–Trinajstić information content (AvgIpc) is 3.41. The first-order valence-electron chi connectivity index (χ1n) is 8.47. The van der Waals surface area contributed by atoms with Crippen molar-refractivity contribution in [3.63, 3.8) is 0 Å². The van der Waals surface area contributed by atoms with Crippen LogP contribution in [-0.4, -0.2) is 35.6 Å². The average molecular weight is 352 g/mol. The van der Waals surface area contributed by atoms with Crippen LogP contribution in [0.5, 0.6) is 5.75 Å². The number of nitrogens with zero attached hydrogens (tertiary/aromatic N) is 2. The molecule has 1 aromatic carbocycles. The summed E-state index contributed by atoms with van der Waals surface area (Å²) in [6, 6.07) is 11.9. The Morgan fingerprint density at radius 3 is 2.48 bits per heavy atom. The van der Waals surface area contributed by atoms with Crippen LogP contribution in [0.15, 0.2) is 54.2 Å². The Hall–Kier alpha value is -2.53. The summed E-state index contributed by atoms with van der Waals surface area (Å²) in [5.41, 5.74) is 2.98. The summed E-state index contributed by atoms with van der Waals surface area (Å²) >= 11 is 1.52. The molecule has 3 aromatic rings. The van der Waals surface area contributed by atoms with Gasteiger partial charge in [0.15, 0.2) is 0 Å². The maximum absolute atomic E-state index is 13.1. The highest BCUT2D eigenvalue weighted by Crippen LogP contribution is 2.40. The number of thiophene rings is 1. The zero-order valence-corrected chi connectivity index (χ0v) is 15.0. The first-order valence-corrected chi connectivity index (χ1v) is 9.35.